The maximum Gasteiger partial charge on any atom is 0.122 e. The van der Waals surface area contributed by atoms with E-state index in [2.05, 4.69) is 6.92 Å². The van der Waals surface area contributed by atoms with Crippen LogP contribution in [-0.2, 0) is 6.42 Å². The second-order valence-electron chi connectivity index (χ2n) is 2.86. The first-order chi connectivity index (χ1) is 5.74. The minimum atomic E-state index is 0.137. The zero-order valence-electron chi connectivity index (χ0n) is 7.30. The smallest absolute Gasteiger partial charge is 0.122 e. The molecule has 0 spiro atoms. The average molecular weight is 162 g/mol. The molecule has 0 fully saturated rings. The lowest BCUT2D eigenvalue weighted by Gasteiger charge is -2.00. The molecule has 2 heteroatoms. The van der Waals surface area contributed by atoms with E-state index < -0.39 is 0 Å². The quantitative estimate of drug-likeness (QED) is 0.517. The summed E-state index contributed by atoms with van der Waals surface area (Å²) in [7, 11) is 0. The molecule has 1 aromatic carbocycles. The van der Waals surface area contributed by atoms with Crippen molar-refractivity contribution in [2.45, 2.75) is 19.8 Å². The third-order valence-corrected chi connectivity index (χ3v) is 1.80. The van der Waals surface area contributed by atoms with Crippen LogP contribution in [-0.4, -0.2) is 5.84 Å². The van der Waals surface area contributed by atoms with Crippen molar-refractivity contribution < 1.29 is 0 Å². The number of nitrogens with two attached hydrogens (primary N) is 1. The second kappa shape index (κ2) is 3.90. The van der Waals surface area contributed by atoms with Gasteiger partial charge >= 0.3 is 0 Å². The van der Waals surface area contributed by atoms with Crippen LogP contribution < -0.4 is 5.73 Å². The van der Waals surface area contributed by atoms with Gasteiger partial charge in [-0.3, -0.25) is 5.41 Å². The number of benzene rings is 1. The second-order valence-corrected chi connectivity index (χ2v) is 2.86. The van der Waals surface area contributed by atoms with Gasteiger partial charge in [0.05, 0.1) is 0 Å². The number of hydrogen-bond donors (Lipinski definition) is 2. The number of aryl methyl sites for hydroxylation is 1. The van der Waals surface area contributed by atoms with Gasteiger partial charge in [-0.2, -0.15) is 0 Å². The highest BCUT2D eigenvalue weighted by molar-refractivity contribution is 5.94. The van der Waals surface area contributed by atoms with Gasteiger partial charge in [-0.05, 0) is 12.0 Å². The van der Waals surface area contributed by atoms with E-state index in [1.54, 1.807) is 0 Å². The van der Waals surface area contributed by atoms with Crippen molar-refractivity contribution in [3.63, 3.8) is 0 Å². The number of amidine groups is 1. The monoisotopic (exact) mass is 162 g/mol. The molecule has 12 heavy (non-hydrogen) atoms. The average Bonchev–Trinajstić information content (AvgIpc) is 2.06. The fourth-order valence-corrected chi connectivity index (χ4v) is 1.14. The van der Waals surface area contributed by atoms with Crippen molar-refractivity contribution in [2.24, 2.45) is 5.73 Å². The number of hydrogen-bond acceptors (Lipinski definition) is 1. The summed E-state index contributed by atoms with van der Waals surface area (Å²) in [5.41, 5.74) is 7.43. The highest BCUT2D eigenvalue weighted by Crippen LogP contribution is 2.05. The first kappa shape index (κ1) is 8.78. The van der Waals surface area contributed by atoms with Gasteiger partial charge in [-0.1, -0.05) is 37.6 Å². The molecule has 2 nitrogen and oxygen atoms in total. The maximum atomic E-state index is 7.19. The Labute approximate surface area is 72.9 Å². The molecule has 0 saturated heterocycles. The largest absolute Gasteiger partial charge is 0.384 e. The summed E-state index contributed by atoms with van der Waals surface area (Å²) in [5, 5.41) is 7.19. The molecule has 0 bridgehead atoms. The summed E-state index contributed by atoms with van der Waals surface area (Å²) in [4.78, 5) is 0. The SMILES string of the molecule is CCCc1ccc(C(=N)N)cc1. The summed E-state index contributed by atoms with van der Waals surface area (Å²) in [5.74, 6) is 0.137. The number of nitrogens with one attached hydrogen (secondary N) is 1. The molecule has 0 aliphatic heterocycles. The summed E-state index contributed by atoms with van der Waals surface area (Å²) in [6, 6.07) is 7.85. The molecule has 0 atom stereocenters. The zero-order valence-corrected chi connectivity index (χ0v) is 7.30. The predicted octanol–water partition coefficient (Wildman–Crippen LogP) is 1.92. The summed E-state index contributed by atoms with van der Waals surface area (Å²) < 4.78 is 0. The topological polar surface area (TPSA) is 49.9 Å². The Morgan fingerprint density at radius 3 is 2.33 bits per heavy atom. The van der Waals surface area contributed by atoms with Crippen LogP contribution >= 0.6 is 0 Å². The van der Waals surface area contributed by atoms with E-state index in [4.69, 9.17) is 11.1 Å². The number of rotatable bonds is 3. The molecule has 0 amide bonds. The third-order valence-electron chi connectivity index (χ3n) is 1.80. The molecule has 1 rings (SSSR count). The molecule has 64 valence electrons. The van der Waals surface area contributed by atoms with Crippen molar-refractivity contribution in [1.29, 1.82) is 5.41 Å². The summed E-state index contributed by atoms with van der Waals surface area (Å²) >= 11 is 0. The van der Waals surface area contributed by atoms with Gasteiger partial charge in [-0.15, -0.1) is 0 Å². The first-order valence-electron chi connectivity index (χ1n) is 4.17. The van der Waals surface area contributed by atoms with Crippen molar-refractivity contribution in [3.05, 3.63) is 35.4 Å². The van der Waals surface area contributed by atoms with Crippen LogP contribution in [0.2, 0.25) is 0 Å². The molecule has 1 aromatic rings. The van der Waals surface area contributed by atoms with Gasteiger partial charge in [0.15, 0.2) is 0 Å². The van der Waals surface area contributed by atoms with Gasteiger partial charge in [0, 0.05) is 5.56 Å². The van der Waals surface area contributed by atoms with Gasteiger partial charge in [0.25, 0.3) is 0 Å². The number of nitrogen functional groups attached to an aromatic ring is 1. The lowest BCUT2D eigenvalue weighted by Crippen LogP contribution is -2.10. The molecule has 3 N–H and O–H groups in total. The fraction of sp³-hybridized carbons (Fsp3) is 0.300. The van der Waals surface area contributed by atoms with E-state index in [0.29, 0.717) is 0 Å². The van der Waals surface area contributed by atoms with Crippen LogP contribution in [0, 0.1) is 5.41 Å². The Balaban J connectivity index is 2.78. The molecule has 0 unspecified atom stereocenters. The van der Waals surface area contributed by atoms with Crippen LogP contribution in [0.4, 0.5) is 0 Å². The van der Waals surface area contributed by atoms with E-state index in [1.807, 2.05) is 24.3 Å². The Hall–Kier alpha value is -1.31. The Bertz CT molecular complexity index is 262. The molecule has 0 aliphatic carbocycles. The fourth-order valence-electron chi connectivity index (χ4n) is 1.14. The summed E-state index contributed by atoms with van der Waals surface area (Å²) in [6.45, 7) is 2.15. The molecular weight excluding hydrogens is 148 g/mol. The molecule has 0 saturated carbocycles. The molecular formula is C10H14N2. The standard InChI is InChI=1S/C10H14N2/c1-2-3-8-4-6-9(7-5-8)10(11)12/h4-7H,2-3H2,1H3,(H3,11,12). The van der Waals surface area contributed by atoms with Gasteiger partial charge in [0.2, 0.25) is 0 Å². The minimum absolute atomic E-state index is 0.137. The predicted molar refractivity (Wildman–Crippen MR) is 51.5 cm³/mol. The lowest BCUT2D eigenvalue weighted by atomic mass is 10.1. The van der Waals surface area contributed by atoms with Gasteiger partial charge in [-0.25, -0.2) is 0 Å². The zero-order chi connectivity index (χ0) is 8.97. The van der Waals surface area contributed by atoms with Gasteiger partial charge < -0.3 is 5.73 Å². The van der Waals surface area contributed by atoms with E-state index >= 15 is 0 Å². The van der Waals surface area contributed by atoms with Crippen molar-refractivity contribution in [1.82, 2.24) is 0 Å². The van der Waals surface area contributed by atoms with Gasteiger partial charge in [0.1, 0.15) is 5.84 Å². The van der Waals surface area contributed by atoms with Crippen molar-refractivity contribution >= 4 is 5.84 Å². The third kappa shape index (κ3) is 2.09. The highest BCUT2D eigenvalue weighted by atomic mass is 14.7. The van der Waals surface area contributed by atoms with E-state index in [-0.39, 0.29) is 5.84 Å². The molecule has 0 aliphatic rings. The van der Waals surface area contributed by atoms with Crippen LogP contribution in [0.15, 0.2) is 24.3 Å². The Morgan fingerprint density at radius 1 is 1.33 bits per heavy atom. The normalized spacial score (nSPS) is 9.75. The highest BCUT2D eigenvalue weighted by Gasteiger charge is 1.95. The minimum Gasteiger partial charge on any atom is -0.384 e. The van der Waals surface area contributed by atoms with Crippen molar-refractivity contribution in [3.8, 4) is 0 Å². The van der Waals surface area contributed by atoms with Crippen molar-refractivity contribution in [2.75, 3.05) is 0 Å². The van der Waals surface area contributed by atoms with E-state index in [1.165, 1.54) is 5.56 Å². The van der Waals surface area contributed by atoms with E-state index in [9.17, 15) is 0 Å². The van der Waals surface area contributed by atoms with Crippen LogP contribution in [0.1, 0.15) is 24.5 Å². The van der Waals surface area contributed by atoms with Crippen LogP contribution in [0.25, 0.3) is 0 Å². The molecule has 0 radical (unpaired) electrons. The first-order valence-corrected chi connectivity index (χ1v) is 4.17. The summed E-state index contributed by atoms with van der Waals surface area (Å²) in [6.07, 6.45) is 2.25. The lowest BCUT2D eigenvalue weighted by molar-refractivity contribution is 0.922. The van der Waals surface area contributed by atoms with Crippen LogP contribution in [0.3, 0.4) is 0 Å². The van der Waals surface area contributed by atoms with Crippen LogP contribution in [0.5, 0.6) is 0 Å². The Kier molecular flexibility index (Phi) is 2.86. The van der Waals surface area contributed by atoms with E-state index in [0.717, 1.165) is 18.4 Å². The molecule has 0 aromatic heterocycles. The maximum absolute atomic E-state index is 7.19. The molecule has 0 heterocycles. The Morgan fingerprint density at radius 2 is 1.92 bits per heavy atom.